The van der Waals surface area contributed by atoms with Crippen LogP contribution in [0.1, 0.15) is 47.5 Å². The second kappa shape index (κ2) is 5.28. The molecule has 1 aliphatic heterocycles. The second-order valence-corrected chi connectivity index (χ2v) is 5.74. The summed E-state index contributed by atoms with van der Waals surface area (Å²) in [7, 11) is 0. The van der Waals surface area contributed by atoms with Crippen molar-refractivity contribution in [2.75, 3.05) is 13.1 Å². The van der Waals surface area contributed by atoms with Gasteiger partial charge in [-0.15, -0.1) is 0 Å². The fourth-order valence-corrected chi connectivity index (χ4v) is 1.79. The topological polar surface area (TPSA) is 24.5 Å². The van der Waals surface area contributed by atoms with E-state index >= 15 is 0 Å². The van der Waals surface area contributed by atoms with Crippen LogP contribution in [-0.2, 0) is 4.84 Å². The second-order valence-electron chi connectivity index (χ2n) is 5.74. The standard InChI is InChI=1S/C12H26N2O/c1-10(2)14-8-6-11(7-9-14)13-15-12(3,4)5/h10-11,13H,6-9H2,1-5H3. The summed E-state index contributed by atoms with van der Waals surface area (Å²) in [5.74, 6) is 0. The molecule has 0 radical (unpaired) electrons. The normalized spacial score (nSPS) is 21.2. The first-order chi connectivity index (χ1) is 6.88. The lowest BCUT2D eigenvalue weighted by atomic mass is 10.0. The molecule has 90 valence electrons. The number of hydrogen-bond acceptors (Lipinski definition) is 3. The number of hydrogen-bond donors (Lipinski definition) is 1. The summed E-state index contributed by atoms with van der Waals surface area (Å²) < 4.78 is 0. The third kappa shape index (κ3) is 4.96. The minimum atomic E-state index is -0.0881. The third-order valence-electron chi connectivity index (χ3n) is 2.79. The Balaban J connectivity index is 2.20. The van der Waals surface area contributed by atoms with Gasteiger partial charge >= 0.3 is 0 Å². The van der Waals surface area contributed by atoms with Gasteiger partial charge in [0.2, 0.25) is 0 Å². The first kappa shape index (κ1) is 12.9. The smallest absolute Gasteiger partial charge is 0.0813 e. The van der Waals surface area contributed by atoms with Gasteiger partial charge in [0.1, 0.15) is 0 Å². The third-order valence-corrected chi connectivity index (χ3v) is 2.79. The molecule has 0 unspecified atom stereocenters. The van der Waals surface area contributed by atoms with Crippen molar-refractivity contribution < 1.29 is 4.84 Å². The Hall–Kier alpha value is -0.120. The van der Waals surface area contributed by atoms with Gasteiger partial charge in [0.25, 0.3) is 0 Å². The van der Waals surface area contributed by atoms with Crippen molar-refractivity contribution in [3.8, 4) is 0 Å². The molecule has 3 heteroatoms. The molecule has 0 saturated carbocycles. The van der Waals surface area contributed by atoms with E-state index in [1.54, 1.807) is 0 Å². The van der Waals surface area contributed by atoms with E-state index < -0.39 is 0 Å². The van der Waals surface area contributed by atoms with E-state index in [1.807, 2.05) is 0 Å². The number of piperidine rings is 1. The largest absolute Gasteiger partial charge is 0.301 e. The minimum Gasteiger partial charge on any atom is -0.301 e. The predicted octanol–water partition coefficient (Wildman–Crippen LogP) is 2.18. The molecule has 3 nitrogen and oxygen atoms in total. The van der Waals surface area contributed by atoms with Gasteiger partial charge < -0.3 is 4.90 Å². The van der Waals surface area contributed by atoms with E-state index in [4.69, 9.17) is 4.84 Å². The monoisotopic (exact) mass is 214 g/mol. The van der Waals surface area contributed by atoms with E-state index in [2.05, 4.69) is 45.0 Å². The SMILES string of the molecule is CC(C)N1CCC(NOC(C)(C)C)CC1. The lowest BCUT2D eigenvalue weighted by molar-refractivity contribution is -0.0959. The highest BCUT2D eigenvalue weighted by Gasteiger charge is 2.22. The maximum absolute atomic E-state index is 5.60. The van der Waals surface area contributed by atoms with Gasteiger partial charge in [-0.25, -0.2) is 0 Å². The van der Waals surface area contributed by atoms with Crippen molar-refractivity contribution in [1.82, 2.24) is 10.4 Å². The number of nitrogens with one attached hydrogen (secondary N) is 1. The van der Waals surface area contributed by atoms with Gasteiger partial charge in [-0.3, -0.25) is 4.84 Å². The van der Waals surface area contributed by atoms with Crippen molar-refractivity contribution in [1.29, 1.82) is 0 Å². The van der Waals surface area contributed by atoms with E-state index in [-0.39, 0.29) is 5.60 Å². The molecule has 0 amide bonds. The van der Waals surface area contributed by atoms with Crippen LogP contribution >= 0.6 is 0 Å². The number of rotatable bonds is 3. The van der Waals surface area contributed by atoms with Crippen LogP contribution in [0.4, 0.5) is 0 Å². The molecule has 0 bridgehead atoms. The molecule has 1 heterocycles. The van der Waals surface area contributed by atoms with E-state index in [0.717, 1.165) is 0 Å². The first-order valence-electron chi connectivity index (χ1n) is 6.06. The lowest BCUT2D eigenvalue weighted by Crippen LogP contribution is -2.46. The molecule has 15 heavy (non-hydrogen) atoms. The highest BCUT2D eigenvalue weighted by molar-refractivity contribution is 4.77. The number of nitrogens with zero attached hydrogens (tertiary/aromatic N) is 1. The van der Waals surface area contributed by atoms with Crippen molar-refractivity contribution >= 4 is 0 Å². The van der Waals surface area contributed by atoms with Gasteiger partial charge in [-0.05, 0) is 60.5 Å². The van der Waals surface area contributed by atoms with Crippen LogP contribution in [0.15, 0.2) is 0 Å². The van der Waals surface area contributed by atoms with Crippen LogP contribution < -0.4 is 5.48 Å². The quantitative estimate of drug-likeness (QED) is 0.729. The molecule has 1 aliphatic rings. The summed E-state index contributed by atoms with van der Waals surface area (Å²) in [6.45, 7) is 13.1. The Morgan fingerprint density at radius 2 is 1.73 bits per heavy atom. The molecule has 0 atom stereocenters. The molecule has 0 aromatic heterocycles. The predicted molar refractivity (Wildman–Crippen MR) is 63.7 cm³/mol. The molecule has 0 aromatic carbocycles. The zero-order chi connectivity index (χ0) is 11.5. The van der Waals surface area contributed by atoms with Crippen LogP contribution in [0.25, 0.3) is 0 Å². The molecular formula is C12H26N2O. The van der Waals surface area contributed by atoms with Crippen LogP contribution in [0.3, 0.4) is 0 Å². The molecule has 0 aromatic rings. The zero-order valence-corrected chi connectivity index (χ0v) is 10.8. The molecule has 0 aliphatic carbocycles. The Bertz CT molecular complexity index is 179. The van der Waals surface area contributed by atoms with Crippen molar-refractivity contribution in [3.05, 3.63) is 0 Å². The average Bonchev–Trinajstić information content (AvgIpc) is 2.14. The number of hydroxylamine groups is 1. The van der Waals surface area contributed by atoms with Crippen molar-refractivity contribution in [2.45, 2.75) is 65.1 Å². The van der Waals surface area contributed by atoms with Crippen LogP contribution in [0.2, 0.25) is 0 Å². The van der Waals surface area contributed by atoms with Gasteiger partial charge in [0.05, 0.1) is 5.60 Å². The highest BCUT2D eigenvalue weighted by Crippen LogP contribution is 2.14. The fraction of sp³-hybridized carbons (Fsp3) is 1.00. The molecular weight excluding hydrogens is 188 g/mol. The van der Waals surface area contributed by atoms with Crippen molar-refractivity contribution in [3.63, 3.8) is 0 Å². The van der Waals surface area contributed by atoms with E-state index in [0.29, 0.717) is 12.1 Å². The van der Waals surface area contributed by atoms with Crippen molar-refractivity contribution in [2.24, 2.45) is 0 Å². The summed E-state index contributed by atoms with van der Waals surface area (Å²) in [6, 6.07) is 1.20. The number of likely N-dealkylation sites (tertiary alicyclic amines) is 1. The van der Waals surface area contributed by atoms with Crippen LogP contribution in [0.5, 0.6) is 0 Å². The average molecular weight is 214 g/mol. The van der Waals surface area contributed by atoms with Gasteiger partial charge in [-0.2, -0.15) is 5.48 Å². The highest BCUT2D eigenvalue weighted by atomic mass is 16.7. The Morgan fingerprint density at radius 3 is 2.13 bits per heavy atom. The summed E-state index contributed by atoms with van der Waals surface area (Å²) in [5.41, 5.74) is 3.11. The van der Waals surface area contributed by atoms with E-state index in [9.17, 15) is 0 Å². The summed E-state index contributed by atoms with van der Waals surface area (Å²) in [4.78, 5) is 8.12. The molecule has 1 rings (SSSR count). The van der Waals surface area contributed by atoms with Crippen LogP contribution in [-0.4, -0.2) is 35.7 Å². The Kier molecular flexibility index (Phi) is 4.56. The van der Waals surface area contributed by atoms with Gasteiger partial charge in [-0.1, -0.05) is 0 Å². The van der Waals surface area contributed by atoms with E-state index in [1.165, 1.54) is 25.9 Å². The molecule has 1 fully saturated rings. The Morgan fingerprint density at radius 1 is 1.20 bits per heavy atom. The molecule has 0 spiro atoms. The molecule has 1 saturated heterocycles. The van der Waals surface area contributed by atoms with Gasteiger partial charge in [0.15, 0.2) is 0 Å². The fourth-order valence-electron chi connectivity index (χ4n) is 1.79. The van der Waals surface area contributed by atoms with Crippen LogP contribution in [0, 0.1) is 0 Å². The molecule has 1 N–H and O–H groups in total. The first-order valence-corrected chi connectivity index (χ1v) is 6.06. The maximum Gasteiger partial charge on any atom is 0.0813 e. The lowest BCUT2D eigenvalue weighted by Gasteiger charge is -2.35. The zero-order valence-electron chi connectivity index (χ0n) is 10.8. The maximum atomic E-state index is 5.60. The summed E-state index contributed by atoms with van der Waals surface area (Å²) in [6.07, 6.45) is 2.38. The Labute approximate surface area is 94.1 Å². The summed E-state index contributed by atoms with van der Waals surface area (Å²) in [5, 5.41) is 0. The summed E-state index contributed by atoms with van der Waals surface area (Å²) >= 11 is 0. The van der Waals surface area contributed by atoms with Gasteiger partial charge in [0, 0.05) is 12.1 Å². The minimum absolute atomic E-state index is 0.0881.